The summed E-state index contributed by atoms with van der Waals surface area (Å²) < 4.78 is 0. The van der Waals surface area contributed by atoms with E-state index in [0.29, 0.717) is 18.7 Å². The molecule has 0 saturated heterocycles. The Kier molecular flexibility index (Phi) is 4.26. The lowest BCUT2D eigenvalue weighted by molar-refractivity contribution is 0.0368. The van der Waals surface area contributed by atoms with Crippen LogP contribution < -0.4 is 5.73 Å². The maximum atomic E-state index is 12.0. The molecule has 1 aromatic carbocycles. The smallest absolute Gasteiger partial charge is 0.253 e. The molecule has 4 heteroatoms. The summed E-state index contributed by atoms with van der Waals surface area (Å²) >= 11 is 0. The van der Waals surface area contributed by atoms with E-state index in [0.717, 1.165) is 5.56 Å². The van der Waals surface area contributed by atoms with Crippen LogP contribution in [-0.4, -0.2) is 35.1 Å². The molecular weight excluding hydrogens is 216 g/mol. The fourth-order valence-electron chi connectivity index (χ4n) is 1.66. The Labute approximate surface area is 102 Å². The van der Waals surface area contributed by atoms with Gasteiger partial charge in [0.05, 0.1) is 5.60 Å². The number of hydrogen-bond acceptors (Lipinski definition) is 3. The molecule has 0 heterocycles. The number of nitrogens with two attached hydrogens (primary N) is 1. The van der Waals surface area contributed by atoms with Gasteiger partial charge in [-0.1, -0.05) is 12.1 Å². The highest BCUT2D eigenvalue weighted by Gasteiger charge is 2.20. The number of carbonyl (C=O) groups excluding carboxylic acids is 1. The fourth-order valence-corrected chi connectivity index (χ4v) is 1.66. The van der Waals surface area contributed by atoms with E-state index in [9.17, 15) is 9.90 Å². The number of carbonyl (C=O) groups is 1. The van der Waals surface area contributed by atoms with E-state index < -0.39 is 5.60 Å². The molecule has 0 aliphatic carbocycles. The van der Waals surface area contributed by atoms with Gasteiger partial charge in [-0.15, -0.1) is 0 Å². The van der Waals surface area contributed by atoms with Crippen molar-refractivity contribution in [1.82, 2.24) is 4.90 Å². The van der Waals surface area contributed by atoms with Crippen LogP contribution in [0.2, 0.25) is 0 Å². The van der Waals surface area contributed by atoms with Gasteiger partial charge in [0.15, 0.2) is 0 Å². The zero-order chi connectivity index (χ0) is 13.1. The summed E-state index contributed by atoms with van der Waals surface area (Å²) in [5, 5.41) is 9.66. The van der Waals surface area contributed by atoms with E-state index in [-0.39, 0.29) is 5.91 Å². The third-order valence-corrected chi connectivity index (χ3v) is 2.41. The van der Waals surface area contributed by atoms with E-state index >= 15 is 0 Å². The van der Waals surface area contributed by atoms with E-state index in [1.165, 1.54) is 4.90 Å². The number of amides is 1. The Morgan fingerprint density at radius 3 is 2.29 bits per heavy atom. The Bertz CT molecular complexity index is 379. The highest BCUT2D eigenvalue weighted by Crippen LogP contribution is 2.09. The van der Waals surface area contributed by atoms with Crippen molar-refractivity contribution in [2.75, 3.05) is 13.6 Å². The topological polar surface area (TPSA) is 66.6 Å². The third-order valence-electron chi connectivity index (χ3n) is 2.41. The van der Waals surface area contributed by atoms with E-state index in [4.69, 9.17) is 5.73 Å². The lowest BCUT2D eigenvalue weighted by Gasteiger charge is -2.25. The number of benzene rings is 1. The first kappa shape index (κ1) is 13.7. The summed E-state index contributed by atoms with van der Waals surface area (Å²) in [6.45, 7) is 4.11. The van der Waals surface area contributed by atoms with E-state index in [2.05, 4.69) is 0 Å². The normalized spacial score (nSPS) is 11.4. The number of aliphatic hydroxyl groups is 1. The second-order valence-electron chi connectivity index (χ2n) is 4.87. The van der Waals surface area contributed by atoms with Crippen LogP contribution in [0.3, 0.4) is 0 Å². The summed E-state index contributed by atoms with van der Waals surface area (Å²) in [5.41, 5.74) is 6.20. The molecule has 1 aromatic rings. The van der Waals surface area contributed by atoms with Crippen LogP contribution >= 0.6 is 0 Å². The average molecular weight is 236 g/mol. The predicted molar refractivity (Wildman–Crippen MR) is 67.6 cm³/mol. The Balaban J connectivity index is 2.75. The van der Waals surface area contributed by atoms with Crippen LogP contribution in [0.15, 0.2) is 24.3 Å². The van der Waals surface area contributed by atoms with Gasteiger partial charge in [0.25, 0.3) is 5.91 Å². The maximum Gasteiger partial charge on any atom is 0.253 e. The van der Waals surface area contributed by atoms with Crippen LogP contribution in [0.1, 0.15) is 29.8 Å². The van der Waals surface area contributed by atoms with Crippen LogP contribution in [0.4, 0.5) is 0 Å². The molecule has 1 amide bonds. The second-order valence-corrected chi connectivity index (χ2v) is 4.87. The van der Waals surface area contributed by atoms with Crippen LogP contribution in [0, 0.1) is 0 Å². The summed E-state index contributed by atoms with van der Waals surface area (Å²) in [4.78, 5) is 13.5. The van der Waals surface area contributed by atoms with Crippen molar-refractivity contribution in [1.29, 1.82) is 0 Å². The highest BCUT2D eigenvalue weighted by atomic mass is 16.3. The fraction of sp³-hybridized carbons (Fsp3) is 0.462. The summed E-state index contributed by atoms with van der Waals surface area (Å²) in [6.07, 6.45) is 0. The van der Waals surface area contributed by atoms with Gasteiger partial charge in [-0.3, -0.25) is 4.79 Å². The number of rotatable bonds is 4. The largest absolute Gasteiger partial charge is 0.389 e. The Morgan fingerprint density at radius 1 is 1.35 bits per heavy atom. The van der Waals surface area contributed by atoms with Crippen molar-refractivity contribution < 1.29 is 9.90 Å². The van der Waals surface area contributed by atoms with Crippen LogP contribution in [0.25, 0.3) is 0 Å². The lowest BCUT2D eigenvalue weighted by Crippen LogP contribution is -2.39. The third kappa shape index (κ3) is 4.17. The van der Waals surface area contributed by atoms with Gasteiger partial charge in [0.2, 0.25) is 0 Å². The number of hydrogen-bond donors (Lipinski definition) is 2. The molecule has 94 valence electrons. The summed E-state index contributed by atoms with van der Waals surface area (Å²) in [5.74, 6) is -0.101. The molecule has 0 spiro atoms. The average Bonchev–Trinajstić information content (AvgIpc) is 2.26. The minimum atomic E-state index is -0.887. The van der Waals surface area contributed by atoms with Crippen molar-refractivity contribution >= 4 is 5.91 Å². The van der Waals surface area contributed by atoms with Gasteiger partial charge in [0.1, 0.15) is 0 Å². The molecule has 17 heavy (non-hydrogen) atoms. The first-order valence-corrected chi connectivity index (χ1v) is 5.60. The van der Waals surface area contributed by atoms with Crippen molar-refractivity contribution in [3.05, 3.63) is 35.4 Å². The molecule has 0 aromatic heterocycles. The molecule has 0 radical (unpaired) electrons. The second kappa shape index (κ2) is 5.29. The van der Waals surface area contributed by atoms with Gasteiger partial charge >= 0.3 is 0 Å². The van der Waals surface area contributed by atoms with Crippen molar-refractivity contribution in [2.24, 2.45) is 5.73 Å². The molecule has 0 aliphatic heterocycles. The summed E-state index contributed by atoms with van der Waals surface area (Å²) in [6, 6.07) is 7.19. The van der Waals surface area contributed by atoms with Crippen LogP contribution in [-0.2, 0) is 6.54 Å². The van der Waals surface area contributed by atoms with E-state index in [1.807, 2.05) is 12.1 Å². The number of nitrogens with zero attached hydrogens (tertiary/aromatic N) is 1. The summed E-state index contributed by atoms with van der Waals surface area (Å²) in [7, 11) is 1.68. The lowest BCUT2D eigenvalue weighted by atomic mass is 10.1. The number of likely N-dealkylation sites (N-methyl/N-ethyl adjacent to an activating group) is 1. The molecule has 1 rings (SSSR count). The monoisotopic (exact) mass is 236 g/mol. The van der Waals surface area contributed by atoms with Crippen molar-refractivity contribution in [3.63, 3.8) is 0 Å². The van der Waals surface area contributed by atoms with E-state index in [1.54, 1.807) is 33.0 Å². The van der Waals surface area contributed by atoms with Crippen molar-refractivity contribution in [2.45, 2.75) is 26.0 Å². The minimum Gasteiger partial charge on any atom is -0.389 e. The molecule has 4 nitrogen and oxygen atoms in total. The first-order valence-electron chi connectivity index (χ1n) is 5.60. The van der Waals surface area contributed by atoms with Crippen LogP contribution in [0.5, 0.6) is 0 Å². The molecule has 0 aliphatic rings. The molecule has 0 fully saturated rings. The molecule has 0 bridgehead atoms. The maximum absolute atomic E-state index is 12.0. The molecule has 3 N–H and O–H groups in total. The molecule has 0 unspecified atom stereocenters. The molecule has 0 atom stereocenters. The van der Waals surface area contributed by atoms with Gasteiger partial charge in [0, 0.05) is 25.7 Å². The van der Waals surface area contributed by atoms with Gasteiger partial charge in [-0.05, 0) is 31.5 Å². The van der Waals surface area contributed by atoms with Crippen molar-refractivity contribution in [3.8, 4) is 0 Å². The highest BCUT2D eigenvalue weighted by molar-refractivity contribution is 5.94. The standard InChI is InChI=1S/C13H20N2O2/c1-13(2,17)9-15(3)12(16)11-6-4-10(8-14)5-7-11/h4-7,17H,8-9,14H2,1-3H3. The SMILES string of the molecule is CN(CC(C)(C)O)C(=O)c1ccc(CN)cc1. The molecule has 0 saturated carbocycles. The zero-order valence-corrected chi connectivity index (χ0v) is 10.6. The Hall–Kier alpha value is -1.39. The zero-order valence-electron chi connectivity index (χ0n) is 10.6. The predicted octanol–water partition coefficient (Wildman–Crippen LogP) is 0.988. The van der Waals surface area contributed by atoms with Gasteiger partial charge in [-0.25, -0.2) is 0 Å². The minimum absolute atomic E-state index is 0.101. The first-order chi connectivity index (χ1) is 7.83. The van der Waals surface area contributed by atoms with Gasteiger partial charge < -0.3 is 15.7 Å². The Morgan fingerprint density at radius 2 is 1.88 bits per heavy atom. The molecular formula is C13H20N2O2. The van der Waals surface area contributed by atoms with Gasteiger partial charge in [-0.2, -0.15) is 0 Å². The quantitative estimate of drug-likeness (QED) is 0.819.